The maximum atomic E-state index is 11.8. The summed E-state index contributed by atoms with van der Waals surface area (Å²) in [5, 5.41) is 4.04. The molecule has 1 amide bonds. The number of hydrogen-bond acceptors (Lipinski definition) is 3. The highest BCUT2D eigenvalue weighted by Gasteiger charge is 2.11. The van der Waals surface area contributed by atoms with Crippen LogP contribution in [0.3, 0.4) is 0 Å². The number of hydrazone groups is 1. The zero-order chi connectivity index (χ0) is 18.0. The fourth-order valence-corrected chi connectivity index (χ4v) is 2.80. The predicted octanol–water partition coefficient (Wildman–Crippen LogP) is 4.07. The minimum Gasteiger partial charge on any atom is -0.459 e. The van der Waals surface area contributed by atoms with Gasteiger partial charge in [-0.2, -0.15) is 5.10 Å². The number of furan rings is 1. The van der Waals surface area contributed by atoms with E-state index in [1.807, 2.05) is 13.0 Å². The van der Waals surface area contributed by atoms with Gasteiger partial charge in [-0.15, -0.1) is 0 Å². The summed E-state index contributed by atoms with van der Waals surface area (Å²) in [6.45, 7) is 8.31. The predicted molar refractivity (Wildman–Crippen MR) is 98.5 cm³/mol. The van der Waals surface area contributed by atoms with Gasteiger partial charge < -0.3 is 8.98 Å². The first-order chi connectivity index (χ1) is 12.0. The van der Waals surface area contributed by atoms with E-state index < -0.39 is 0 Å². The number of aryl methyl sites for hydroxylation is 3. The summed E-state index contributed by atoms with van der Waals surface area (Å²) in [6, 6.07) is 11.7. The number of nitrogens with zero attached hydrogens (tertiary/aromatic N) is 2. The van der Waals surface area contributed by atoms with Gasteiger partial charge in [0.05, 0.1) is 12.5 Å². The van der Waals surface area contributed by atoms with Crippen LogP contribution >= 0.6 is 0 Å². The summed E-state index contributed by atoms with van der Waals surface area (Å²) in [7, 11) is 0. The Balaban J connectivity index is 1.83. The van der Waals surface area contributed by atoms with Crippen LogP contribution in [0, 0.1) is 27.7 Å². The van der Waals surface area contributed by atoms with Gasteiger partial charge in [-0.1, -0.05) is 6.07 Å². The average Bonchev–Trinajstić information content (AvgIpc) is 3.20. The second-order valence-electron chi connectivity index (χ2n) is 6.11. The van der Waals surface area contributed by atoms with Crippen molar-refractivity contribution in [2.24, 2.45) is 5.10 Å². The Bertz CT molecular complexity index is 934. The van der Waals surface area contributed by atoms with Gasteiger partial charge in [0, 0.05) is 22.6 Å². The lowest BCUT2D eigenvalue weighted by molar-refractivity contribution is 0.0927. The molecule has 2 aromatic heterocycles. The van der Waals surface area contributed by atoms with E-state index >= 15 is 0 Å². The van der Waals surface area contributed by atoms with Crippen LogP contribution in [0.4, 0.5) is 0 Å². The molecule has 0 unspecified atom stereocenters. The van der Waals surface area contributed by atoms with E-state index in [0.29, 0.717) is 0 Å². The summed E-state index contributed by atoms with van der Waals surface area (Å²) in [6.07, 6.45) is 3.11. The molecule has 2 heterocycles. The van der Waals surface area contributed by atoms with Gasteiger partial charge >= 0.3 is 5.91 Å². The number of aromatic nitrogens is 1. The van der Waals surface area contributed by atoms with Gasteiger partial charge in [0.25, 0.3) is 0 Å². The lowest BCUT2D eigenvalue weighted by atomic mass is 10.1. The number of benzene rings is 1. The smallest absolute Gasteiger partial charge is 0.307 e. The third-order valence-corrected chi connectivity index (χ3v) is 4.33. The molecule has 0 atom stereocenters. The van der Waals surface area contributed by atoms with Crippen molar-refractivity contribution in [2.75, 3.05) is 0 Å². The first kappa shape index (κ1) is 16.8. The second kappa shape index (κ2) is 6.81. The standard InChI is InChI=1S/C20H21N3O2/c1-13-7-8-18(10-14(13)2)23-15(3)11-17(16(23)4)12-21-22-20(24)19-6-5-9-25-19/h5-12H,1-4H3,(H,22,24)/b21-12-. The number of rotatable bonds is 4. The summed E-state index contributed by atoms with van der Waals surface area (Å²) in [4.78, 5) is 11.8. The van der Waals surface area contributed by atoms with Crippen LogP contribution in [0.1, 0.15) is 38.6 Å². The summed E-state index contributed by atoms with van der Waals surface area (Å²) in [5.41, 5.74) is 9.25. The van der Waals surface area contributed by atoms with Crippen molar-refractivity contribution >= 4 is 12.1 Å². The first-order valence-electron chi connectivity index (χ1n) is 8.11. The van der Waals surface area contributed by atoms with Crippen LogP contribution in [0.5, 0.6) is 0 Å². The van der Waals surface area contributed by atoms with E-state index in [0.717, 1.165) is 22.6 Å². The summed E-state index contributed by atoms with van der Waals surface area (Å²) in [5.74, 6) is -0.137. The topological polar surface area (TPSA) is 59.5 Å². The molecule has 3 rings (SSSR count). The van der Waals surface area contributed by atoms with Crippen molar-refractivity contribution < 1.29 is 9.21 Å². The van der Waals surface area contributed by atoms with E-state index in [4.69, 9.17) is 4.42 Å². The lowest BCUT2D eigenvalue weighted by Crippen LogP contribution is -2.16. The number of nitrogens with one attached hydrogen (secondary N) is 1. The molecular weight excluding hydrogens is 314 g/mol. The molecule has 0 aliphatic carbocycles. The van der Waals surface area contributed by atoms with Gasteiger partial charge in [-0.25, -0.2) is 5.43 Å². The van der Waals surface area contributed by atoms with Gasteiger partial charge in [-0.05, 0) is 69.2 Å². The Morgan fingerprint density at radius 1 is 1.12 bits per heavy atom. The summed E-state index contributed by atoms with van der Waals surface area (Å²) < 4.78 is 7.22. The molecule has 0 fully saturated rings. The van der Waals surface area contributed by atoms with Crippen LogP contribution in [0.15, 0.2) is 52.2 Å². The van der Waals surface area contributed by atoms with E-state index in [9.17, 15) is 4.79 Å². The van der Waals surface area contributed by atoms with Gasteiger partial charge in [0.1, 0.15) is 0 Å². The highest BCUT2D eigenvalue weighted by molar-refractivity contribution is 5.92. The van der Waals surface area contributed by atoms with E-state index in [1.54, 1.807) is 18.3 Å². The highest BCUT2D eigenvalue weighted by atomic mass is 16.3. The molecule has 5 nitrogen and oxygen atoms in total. The molecule has 25 heavy (non-hydrogen) atoms. The Morgan fingerprint density at radius 3 is 2.60 bits per heavy atom. The largest absolute Gasteiger partial charge is 0.459 e. The Labute approximate surface area is 147 Å². The molecule has 3 aromatic rings. The molecule has 0 saturated carbocycles. The Hall–Kier alpha value is -3.08. The highest BCUT2D eigenvalue weighted by Crippen LogP contribution is 2.21. The molecular formula is C20H21N3O2. The Morgan fingerprint density at radius 2 is 1.92 bits per heavy atom. The van der Waals surface area contributed by atoms with Crippen LogP contribution in [-0.4, -0.2) is 16.7 Å². The van der Waals surface area contributed by atoms with E-state index in [2.05, 4.69) is 54.1 Å². The first-order valence-corrected chi connectivity index (χ1v) is 8.11. The quantitative estimate of drug-likeness (QED) is 0.577. The van der Waals surface area contributed by atoms with E-state index in [-0.39, 0.29) is 11.7 Å². The second-order valence-corrected chi connectivity index (χ2v) is 6.11. The molecule has 5 heteroatoms. The van der Waals surface area contributed by atoms with Crippen molar-refractivity contribution in [3.63, 3.8) is 0 Å². The molecule has 1 N–H and O–H groups in total. The molecule has 128 valence electrons. The van der Waals surface area contributed by atoms with Gasteiger partial charge in [-0.3, -0.25) is 4.79 Å². The fourth-order valence-electron chi connectivity index (χ4n) is 2.80. The zero-order valence-electron chi connectivity index (χ0n) is 14.8. The molecule has 0 aliphatic heterocycles. The molecule has 0 bridgehead atoms. The maximum absolute atomic E-state index is 11.8. The monoisotopic (exact) mass is 335 g/mol. The van der Waals surface area contributed by atoms with Crippen LogP contribution in [0.25, 0.3) is 5.69 Å². The third kappa shape index (κ3) is 3.40. The summed E-state index contributed by atoms with van der Waals surface area (Å²) >= 11 is 0. The van der Waals surface area contributed by atoms with E-state index in [1.165, 1.54) is 17.4 Å². The van der Waals surface area contributed by atoms with Gasteiger partial charge in [0.15, 0.2) is 5.76 Å². The van der Waals surface area contributed by atoms with Crippen LogP contribution in [-0.2, 0) is 0 Å². The third-order valence-electron chi connectivity index (χ3n) is 4.33. The average molecular weight is 335 g/mol. The molecule has 1 aromatic carbocycles. The number of carbonyl (C=O) groups excluding carboxylic acids is 1. The minimum atomic E-state index is -0.371. The number of amides is 1. The molecule has 0 radical (unpaired) electrons. The lowest BCUT2D eigenvalue weighted by Gasteiger charge is -2.11. The number of hydrogen-bond donors (Lipinski definition) is 1. The van der Waals surface area contributed by atoms with Crippen LogP contribution in [0.2, 0.25) is 0 Å². The fraction of sp³-hybridized carbons (Fsp3) is 0.200. The van der Waals surface area contributed by atoms with Crippen molar-refractivity contribution in [3.05, 3.63) is 76.5 Å². The molecule has 0 aliphatic rings. The van der Waals surface area contributed by atoms with Gasteiger partial charge in [0.2, 0.25) is 0 Å². The maximum Gasteiger partial charge on any atom is 0.307 e. The molecule has 0 saturated heterocycles. The minimum absolute atomic E-state index is 0.234. The van der Waals surface area contributed by atoms with Crippen molar-refractivity contribution in [1.29, 1.82) is 0 Å². The van der Waals surface area contributed by atoms with Crippen molar-refractivity contribution in [2.45, 2.75) is 27.7 Å². The Kier molecular flexibility index (Phi) is 4.57. The van der Waals surface area contributed by atoms with Crippen molar-refractivity contribution in [1.82, 2.24) is 9.99 Å². The van der Waals surface area contributed by atoms with Crippen LogP contribution < -0.4 is 5.43 Å². The SMILES string of the molecule is Cc1ccc(-n2c(C)cc(/C=N\NC(=O)c3ccco3)c2C)cc1C. The van der Waals surface area contributed by atoms with Crippen molar-refractivity contribution in [3.8, 4) is 5.69 Å². The normalized spacial score (nSPS) is 11.2. The zero-order valence-corrected chi connectivity index (χ0v) is 14.8. The molecule has 0 spiro atoms. The number of carbonyl (C=O) groups is 1.